The molecule has 0 bridgehead atoms. The Hall–Kier alpha value is -3.22. The van der Waals surface area contributed by atoms with Crippen molar-refractivity contribution < 1.29 is 9.53 Å². The van der Waals surface area contributed by atoms with Crippen LogP contribution in [-0.2, 0) is 11.3 Å². The summed E-state index contributed by atoms with van der Waals surface area (Å²) in [7, 11) is 1.65. The molecule has 1 fully saturated rings. The van der Waals surface area contributed by atoms with Gasteiger partial charge in [-0.2, -0.15) is 0 Å². The van der Waals surface area contributed by atoms with Gasteiger partial charge in [0.25, 0.3) is 0 Å². The van der Waals surface area contributed by atoms with Gasteiger partial charge < -0.3 is 15.0 Å². The van der Waals surface area contributed by atoms with Gasteiger partial charge in [-0.15, -0.1) is 0 Å². The van der Waals surface area contributed by atoms with Crippen LogP contribution < -0.4 is 15.0 Å². The molecule has 3 aromatic rings. The number of nitrogens with one attached hydrogen (secondary N) is 1. The molecule has 7 nitrogen and oxygen atoms in total. The van der Waals surface area contributed by atoms with E-state index >= 15 is 0 Å². The average molecular weight is 391 g/mol. The molecular formula is C22H25N5O2. The van der Waals surface area contributed by atoms with E-state index in [0.29, 0.717) is 6.54 Å². The SMILES string of the molecule is COc1c(C)cnc(CNC(=O)[C@H]2CCCN2c2ncnc3ccccc23)c1C. The predicted octanol–water partition coefficient (Wildman–Crippen LogP) is 2.94. The number of para-hydroxylation sites is 1. The number of hydrogen-bond acceptors (Lipinski definition) is 6. The van der Waals surface area contributed by atoms with Crippen molar-refractivity contribution in [3.8, 4) is 5.75 Å². The van der Waals surface area contributed by atoms with E-state index in [2.05, 4.69) is 25.2 Å². The fourth-order valence-corrected chi connectivity index (χ4v) is 4.05. The standard InChI is InChI=1S/C22H25N5O2/c1-14-11-23-18(15(2)20(14)29-3)12-24-22(28)19-9-6-10-27(19)21-16-7-4-5-8-17(16)25-13-26-21/h4-5,7-8,11,13,19H,6,9-10,12H2,1-3H3,(H,24,28)/t19-/m1/s1. The van der Waals surface area contributed by atoms with E-state index in [-0.39, 0.29) is 11.9 Å². The van der Waals surface area contributed by atoms with Crippen LogP contribution in [0.15, 0.2) is 36.8 Å². The number of carbonyl (C=O) groups excluding carboxylic acids is 1. The second-order valence-corrected chi connectivity index (χ2v) is 7.33. The van der Waals surface area contributed by atoms with Gasteiger partial charge in [-0.05, 0) is 38.8 Å². The Balaban J connectivity index is 1.53. The van der Waals surface area contributed by atoms with Crippen LogP contribution in [0.5, 0.6) is 5.75 Å². The third kappa shape index (κ3) is 3.60. The van der Waals surface area contributed by atoms with Crippen LogP contribution in [0.25, 0.3) is 10.9 Å². The van der Waals surface area contributed by atoms with Crippen molar-refractivity contribution in [2.24, 2.45) is 0 Å². The van der Waals surface area contributed by atoms with Gasteiger partial charge in [-0.1, -0.05) is 12.1 Å². The third-order valence-electron chi connectivity index (χ3n) is 5.53. The number of nitrogens with zero attached hydrogens (tertiary/aromatic N) is 4. The molecular weight excluding hydrogens is 366 g/mol. The van der Waals surface area contributed by atoms with Gasteiger partial charge in [0.05, 0.1) is 24.9 Å². The normalized spacial score (nSPS) is 16.2. The summed E-state index contributed by atoms with van der Waals surface area (Å²) in [5.74, 6) is 1.63. The lowest BCUT2D eigenvalue weighted by molar-refractivity contribution is -0.122. The van der Waals surface area contributed by atoms with Crippen LogP contribution in [0, 0.1) is 13.8 Å². The Morgan fingerprint density at radius 2 is 2.07 bits per heavy atom. The van der Waals surface area contributed by atoms with E-state index in [9.17, 15) is 4.79 Å². The van der Waals surface area contributed by atoms with Gasteiger partial charge in [0.2, 0.25) is 5.91 Å². The molecule has 7 heteroatoms. The molecule has 2 aromatic heterocycles. The van der Waals surface area contributed by atoms with Crippen molar-refractivity contribution in [2.45, 2.75) is 39.3 Å². The predicted molar refractivity (Wildman–Crippen MR) is 112 cm³/mol. The number of methoxy groups -OCH3 is 1. The molecule has 0 spiro atoms. The number of carbonyl (C=O) groups is 1. The number of fused-ring (bicyclic) bond motifs is 1. The highest BCUT2D eigenvalue weighted by molar-refractivity contribution is 5.93. The summed E-state index contributed by atoms with van der Waals surface area (Å²) in [5.41, 5.74) is 3.64. The van der Waals surface area contributed by atoms with Crippen molar-refractivity contribution in [1.82, 2.24) is 20.3 Å². The zero-order valence-corrected chi connectivity index (χ0v) is 17.0. The summed E-state index contributed by atoms with van der Waals surface area (Å²) >= 11 is 0. The van der Waals surface area contributed by atoms with Crippen molar-refractivity contribution >= 4 is 22.6 Å². The van der Waals surface area contributed by atoms with Crippen molar-refractivity contribution in [1.29, 1.82) is 0 Å². The first-order chi connectivity index (χ1) is 14.1. The van der Waals surface area contributed by atoms with E-state index in [1.807, 2.05) is 38.1 Å². The van der Waals surface area contributed by atoms with Gasteiger partial charge >= 0.3 is 0 Å². The highest BCUT2D eigenvalue weighted by Gasteiger charge is 2.32. The number of rotatable bonds is 5. The van der Waals surface area contributed by atoms with Gasteiger partial charge in [-0.25, -0.2) is 9.97 Å². The number of pyridine rings is 1. The minimum atomic E-state index is -0.249. The summed E-state index contributed by atoms with van der Waals surface area (Å²) < 4.78 is 5.46. The molecule has 1 N–H and O–H groups in total. The van der Waals surface area contributed by atoms with E-state index in [4.69, 9.17) is 4.74 Å². The first-order valence-corrected chi connectivity index (χ1v) is 9.83. The topological polar surface area (TPSA) is 80.2 Å². The minimum absolute atomic E-state index is 0.00839. The number of amides is 1. The zero-order chi connectivity index (χ0) is 20.4. The molecule has 0 unspecified atom stereocenters. The maximum Gasteiger partial charge on any atom is 0.243 e. The van der Waals surface area contributed by atoms with Crippen molar-refractivity contribution in [3.63, 3.8) is 0 Å². The lowest BCUT2D eigenvalue weighted by Crippen LogP contribution is -2.43. The molecule has 1 saturated heterocycles. The molecule has 1 aliphatic heterocycles. The molecule has 150 valence electrons. The Labute approximate surface area is 170 Å². The molecule has 0 radical (unpaired) electrons. The van der Waals surface area contributed by atoms with E-state index in [1.165, 1.54) is 0 Å². The first kappa shape index (κ1) is 19.1. The number of aryl methyl sites for hydroxylation is 1. The van der Waals surface area contributed by atoms with Gasteiger partial charge in [0.15, 0.2) is 0 Å². The van der Waals surface area contributed by atoms with E-state index < -0.39 is 0 Å². The molecule has 1 atom stereocenters. The largest absolute Gasteiger partial charge is 0.496 e. The fourth-order valence-electron chi connectivity index (χ4n) is 4.05. The maximum absolute atomic E-state index is 13.0. The highest BCUT2D eigenvalue weighted by atomic mass is 16.5. The Kier molecular flexibility index (Phi) is 5.29. The second-order valence-electron chi connectivity index (χ2n) is 7.33. The van der Waals surface area contributed by atoms with E-state index in [0.717, 1.165) is 58.7 Å². The molecule has 29 heavy (non-hydrogen) atoms. The van der Waals surface area contributed by atoms with Crippen LogP contribution in [0.3, 0.4) is 0 Å². The van der Waals surface area contributed by atoms with Crippen LogP contribution in [0.4, 0.5) is 5.82 Å². The number of hydrogen-bond donors (Lipinski definition) is 1. The molecule has 1 aliphatic rings. The Morgan fingerprint density at radius 3 is 2.90 bits per heavy atom. The molecule has 3 heterocycles. The quantitative estimate of drug-likeness (QED) is 0.720. The summed E-state index contributed by atoms with van der Waals surface area (Å²) in [5, 5.41) is 4.03. The molecule has 1 amide bonds. The van der Waals surface area contributed by atoms with Crippen molar-refractivity contribution in [3.05, 3.63) is 53.6 Å². The van der Waals surface area contributed by atoms with Crippen molar-refractivity contribution in [2.75, 3.05) is 18.6 Å². The van der Waals surface area contributed by atoms with Gasteiger partial charge in [0, 0.05) is 29.3 Å². The highest BCUT2D eigenvalue weighted by Crippen LogP contribution is 2.29. The Bertz CT molecular complexity index is 1050. The van der Waals surface area contributed by atoms with Gasteiger partial charge in [-0.3, -0.25) is 9.78 Å². The summed E-state index contributed by atoms with van der Waals surface area (Å²) in [6, 6.07) is 7.65. The van der Waals surface area contributed by atoms with Crippen LogP contribution in [-0.4, -0.2) is 40.6 Å². The molecule has 1 aromatic carbocycles. The minimum Gasteiger partial charge on any atom is -0.496 e. The fraction of sp³-hybridized carbons (Fsp3) is 0.364. The average Bonchev–Trinajstić information content (AvgIpc) is 3.23. The van der Waals surface area contributed by atoms with Gasteiger partial charge in [0.1, 0.15) is 23.9 Å². The number of anilines is 1. The lowest BCUT2D eigenvalue weighted by atomic mass is 10.1. The van der Waals surface area contributed by atoms with E-state index in [1.54, 1.807) is 19.6 Å². The second kappa shape index (κ2) is 8.03. The number of ether oxygens (including phenoxy) is 1. The smallest absolute Gasteiger partial charge is 0.243 e. The van der Waals surface area contributed by atoms with Crippen LogP contribution in [0.2, 0.25) is 0 Å². The van der Waals surface area contributed by atoms with Crippen LogP contribution in [0.1, 0.15) is 29.7 Å². The summed E-state index contributed by atoms with van der Waals surface area (Å²) in [6.07, 6.45) is 5.10. The number of aromatic nitrogens is 3. The summed E-state index contributed by atoms with van der Waals surface area (Å²) in [4.78, 5) is 28.4. The monoisotopic (exact) mass is 391 g/mol. The molecule has 0 aliphatic carbocycles. The zero-order valence-electron chi connectivity index (χ0n) is 17.0. The maximum atomic E-state index is 13.0. The number of benzene rings is 1. The lowest BCUT2D eigenvalue weighted by Gasteiger charge is -2.26. The van der Waals surface area contributed by atoms with Crippen LogP contribution >= 0.6 is 0 Å². The molecule has 4 rings (SSSR count). The first-order valence-electron chi connectivity index (χ1n) is 9.83. The third-order valence-corrected chi connectivity index (χ3v) is 5.53. The Morgan fingerprint density at radius 1 is 1.24 bits per heavy atom. The summed E-state index contributed by atoms with van der Waals surface area (Å²) in [6.45, 7) is 5.10. The molecule has 0 saturated carbocycles.